The van der Waals surface area contributed by atoms with Crippen molar-refractivity contribution in [2.24, 2.45) is 10.9 Å². The number of nitrogens with two attached hydrogens (primary N) is 2. The van der Waals surface area contributed by atoms with Crippen molar-refractivity contribution in [3.8, 4) is 0 Å². The number of hydrogen-bond acceptors (Lipinski definition) is 4. The Morgan fingerprint density at radius 1 is 1.33 bits per heavy atom. The fourth-order valence-electron chi connectivity index (χ4n) is 1.53. The molecular weight excluding hydrogens is 236 g/mol. The van der Waals surface area contributed by atoms with E-state index in [0.717, 1.165) is 0 Å². The van der Waals surface area contributed by atoms with E-state index in [1.807, 2.05) is 11.8 Å². The summed E-state index contributed by atoms with van der Waals surface area (Å²) in [6, 6.07) is 0.00243. The van der Waals surface area contributed by atoms with Gasteiger partial charge in [0, 0.05) is 26.2 Å². The van der Waals surface area contributed by atoms with Gasteiger partial charge < -0.3 is 5.73 Å². The highest BCUT2D eigenvalue weighted by Crippen LogP contribution is 2.08. The van der Waals surface area contributed by atoms with Crippen molar-refractivity contribution in [2.75, 3.05) is 26.2 Å². The lowest BCUT2D eigenvalue weighted by Gasteiger charge is -2.36. The van der Waals surface area contributed by atoms with Gasteiger partial charge in [0.15, 0.2) is 0 Å². The Morgan fingerprint density at radius 3 is 2.13 bits per heavy atom. The van der Waals surface area contributed by atoms with Crippen LogP contribution in [0.2, 0.25) is 0 Å². The molecule has 8 heteroatoms. The average Bonchev–Trinajstić information content (AvgIpc) is 2.15. The molecule has 0 aromatic carbocycles. The molecule has 1 heterocycles. The van der Waals surface area contributed by atoms with Crippen molar-refractivity contribution in [1.82, 2.24) is 9.21 Å². The Kier molecular flexibility index (Phi) is 4.01. The maximum atomic E-state index is 11.0. The van der Waals surface area contributed by atoms with Crippen molar-refractivity contribution >= 4 is 27.4 Å². The van der Waals surface area contributed by atoms with Crippen LogP contribution in [0.5, 0.6) is 0 Å². The van der Waals surface area contributed by atoms with Crippen molar-refractivity contribution in [3.63, 3.8) is 0 Å². The topological polar surface area (TPSA) is 92.7 Å². The van der Waals surface area contributed by atoms with Gasteiger partial charge in [-0.2, -0.15) is 12.7 Å². The number of rotatable bonds is 3. The third-order valence-electron chi connectivity index (χ3n) is 2.59. The minimum absolute atomic E-state index is 0.00243. The molecule has 0 radical (unpaired) electrons. The van der Waals surface area contributed by atoms with Crippen LogP contribution in [0, 0.1) is 0 Å². The van der Waals surface area contributed by atoms with E-state index in [1.165, 1.54) is 4.31 Å². The normalized spacial score (nSPS) is 22.5. The Labute approximate surface area is 95.4 Å². The van der Waals surface area contributed by atoms with E-state index < -0.39 is 10.2 Å². The molecule has 0 saturated carbocycles. The smallest absolute Gasteiger partial charge is 0.276 e. The molecule has 0 bridgehead atoms. The molecule has 0 aromatic rings. The largest absolute Gasteiger partial charge is 0.392 e. The van der Waals surface area contributed by atoms with Gasteiger partial charge in [-0.05, 0) is 6.92 Å². The maximum absolute atomic E-state index is 11.0. The minimum atomic E-state index is -3.55. The number of hydrogen-bond donors (Lipinski definition) is 2. The summed E-state index contributed by atoms with van der Waals surface area (Å²) in [5.41, 5.74) is 5.52. The summed E-state index contributed by atoms with van der Waals surface area (Å²) in [7, 11) is -3.55. The third-order valence-corrected chi connectivity index (χ3v) is 4.02. The Morgan fingerprint density at radius 2 is 1.80 bits per heavy atom. The lowest BCUT2D eigenvalue weighted by Crippen LogP contribution is -2.55. The number of nitrogens with zero attached hydrogens (tertiary/aromatic N) is 2. The second-order valence-electron chi connectivity index (χ2n) is 3.56. The average molecular weight is 252 g/mol. The molecule has 6 nitrogen and oxygen atoms in total. The standard InChI is InChI=1S/C7H16N4O2S2/c1-6(7(8)14)10-2-4-11(5-3-10)15(9,12)13/h6H,2-5H2,1H3,(H2,8,14)(H2,9,12,13). The molecule has 1 fully saturated rings. The van der Waals surface area contributed by atoms with E-state index in [-0.39, 0.29) is 6.04 Å². The second-order valence-corrected chi connectivity index (χ2v) is 5.58. The zero-order valence-corrected chi connectivity index (χ0v) is 10.2. The molecule has 0 aromatic heterocycles. The quantitative estimate of drug-likeness (QED) is 0.595. The summed E-state index contributed by atoms with van der Waals surface area (Å²) >= 11 is 4.88. The number of piperazine rings is 1. The second kappa shape index (κ2) is 4.71. The highest BCUT2D eigenvalue weighted by atomic mass is 32.2. The predicted octanol–water partition coefficient (Wildman–Crippen LogP) is -1.52. The highest BCUT2D eigenvalue weighted by molar-refractivity contribution is 7.86. The van der Waals surface area contributed by atoms with Crippen LogP contribution in [0.1, 0.15) is 6.92 Å². The van der Waals surface area contributed by atoms with Crippen molar-refractivity contribution in [3.05, 3.63) is 0 Å². The van der Waals surface area contributed by atoms with Crippen LogP contribution in [0.25, 0.3) is 0 Å². The van der Waals surface area contributed by atoms with E-state index in [1.54, 1.807) is 0 Å². The van der Waals surface area contributed by atoms with E-state index in [0.29, 0.717) is 31.2 Å². The zero-order valence-electron chi connectivity index (χ0n) is 8.59. The first-order valence-corrected chi connectivity index (χ1v) is 6.55. The lowest BCUT2D eigenvalue weighted by atomic mass is 10.2. The van der Waals surface area contributed by atoms with Gasteiger partial charge in [-0.25, -0.2) is 5.14 Å². The summed E-state index contributed by atoms with van der Waals surface area (Å²) in [6.45, 7) is 3.91. The van der Waals surface area contributed by atoms with Gasteiger partial charge >= 0.3 is 0 Å². The molecular formula is C7H16N4O2S2. The molecule has 1 aliphatic rings. The molecule has 1 aliphatic heterocycles. The molecule has 0 amide bonds. The van der Waals surface area contributed by atoms with Crippen LogP contribution < -0.4 is 10.9 Å². The maximum Gasteiger partial charge on any atom is 0.276 e. The summed E-state index contributed by atoms with van der Waals surface area (Å²) in [6.07, 6.45) is 0. The Hall–Kier alpha value is -0.280. The molecule has 1 atom stereocenters. The van der Waals surface area contributed by atoms with Crippen LogP contribution in [0.4, 0.5) is 0 Å². The van der Waals surface area contributed by atoms with Gasteiger partial charge in [0.05, 0.1) is 11.0 Å². The first-order chi connectivity index (χ1) is 6.82. The molecule has 88 valence electrons. The molecule has 1 unspecified atom stereocenters. The van der Waals surface area contributed by atoms with Gasteiger partial charge in [0.25, 0.3) is 10.2 Å². The summed E-state index contributed by atoms with van der Waals surface area (Å²) in [4.78, 5) is 2.48. The van der Waals surface area contributed by atoms with Crippen LogP contribution in [0.3, 0.4) is 0 Å². The minimum Gasteiger partial charge on any atom is -0.392 e. The van der Waals surface area contributed by atoms with E-state index in [2.05, 4.69) is 0 Å². The van der Waals surface area contributed by atoms with Crippen LogP contribution in [-0.2, 0) is 10.2 Å². The molecule has 0 aliphatic carbocycles. The van der Waals surface area contributed by atoms with Gasteiger partial charge in [-0.1, -0.05) is 12.2 Å². The van der Waals surface area contributed by atoms with Gasteiger partial charge in [0.1, 0.15) is 0 Å². The zero-order chi connectivity index (χ0) is 11.6. The van der Waals surface area contributed by atoms with Crippen LogP contribution in [0.15, 0.2) is 0 Å². The molecule has 1 rings (SSSR count). The molecule has 1 saturated heterocycles. The molecule has 4 N–H and O–H groups in total. The van der Waals surface area contributed by atoms with Crippen molar-refractivity contribution in [2.45, 2.75) is 13.0 Å². The van der Waals surface area contributed by atoms with Gasteiger partial charge in [-0.3, -0.25) is 4.90 Å². The summed E-state index contributed by atoms with van der Waals surface area (Å²) in [5, 5.41) is 5.02. The van der Waals surface area contributed by atoms with E-state index in [9.17, 15) is 8.42 Å². The molecule has 15 heavy (non-hydrogen) atoms. The van der Waals surface area contributed by atoms with Crippen LogP contribution >= 0.6 is 12.2 Å². The van der Waals surface area contributed by atoms with Crippen molar-refractivity contribution in [1.29, 1.82) is 0 Å². The number of thiocarbonyl (C=S) groups is 1. The molecule has 0 spiro atoms. The fourth-order valence-corrected chi connectivity index (χ4v) is 2.35. The fraction of sp³-hybridized carbons (Fsp3) is 0.857. The summed E-state index contributed by atoms with van der Waals surface area (Å²) < 4.78 is 23.3. The van der Waals surface area contributed by atoms with E-state index >= 15 is 0 Å². The first-order valence-electron chi connectivity index (χ1n) is 4.63. The highest BCUT2D eigenvalue weighted by Gasteiger charge is 2.26. The van der Waals surface area contributed by atoms with Gasteiger partial charge in [0.2, 0.25) is 0 Å². The predicted molar refractivity (Wildman–Crippen MR) is 62.5 cm³/mol. The third kappa shape index (κ3) is 3.35. The van der Waals surface area contributed by atoms with Gasteiger partial charge in [-0.15, -0.1) is 0 Å². The SMILES string of the molecule is CC(C(N)=S)N1CCN(S(N)(=O)=O)CC1. The monoisotopic (exact) mass is 252 g/mol. The lowest BCUT2D eigenvalue weighted by molar-refractivity contribution is 0.175. The van der Waals surface area contributed by atoms with E-state index in [4.69, 9.17) is 23.1 Å². The summed E-state index contributed by atoms with van der Waals surface area (Å²) in [5.74, 6) is 0. The first kappa shape index (κ1) is 12.8. The van der Waals surface area contributed by atoms with Crippen LogP contribution in [-0.4, -0.2) is 54.8 Å². The van der Waals surface area contributed by atoms with Crippen molar-refractivity contribution < 1.29 is 8.42 Å². The Bertz CT molecular complexity index is 335. The Balaban J connectivity index is 2.53.